The van der Waals surface area contributed by atoms with E-state index in [2.05, 4.69) is 17.3 Å². The van der Waals surface area contributed by atoms with E-state index < -0.39 is 12.7 Å². The van der Waals surface area contributed by atoms with Gasteiger partial charge in [0, 0.05) is 12.7 Å². The van der Waals surface area contributed by atoms with E-state index >= 15 is 0 Å². The number of halogens is 3. The summed E-state index contributed by atoms with van der Waals surface area (Å²) in [7, 11) is 0. The Kier molecular flexibility index (Phi) is 5.47. The van der Waals surface area contributed by atoms with Gasteiger partial charge in [0.25, 0.3) is 0 Å². The number of nitrogens with one attached hydrogen (secondary N) is 1. The van der Waals surface area contributed by atoms with Crippen LogP contribution in [0, 0.1) is 0 Å². The highest BCUT2D eigenvalue weighted by Gasteiger charge is 2.29. The van der Waals surface area contributed by atoms with E-state index in [4.69, 9.17) is 0 Å². The van der Waals surface area contributed by atoms with E-state index in [-0.39, 0.29) is 0 Å². The lowest BCUT2D eigenvalue weighted by Gasteiger charge is -2.10. The minimum atomic E-state index is -4.22. The third-order valence-electron chi connectivity index (χ3n) is 2.40. The van der Waals surface area contributed by atoms with Crippen molar-refractivity contribution in [1.29, 1.82) is 0 Å². The Labute approximate surface area is 99.0 Å². The van der Waals surface area contributed by atoms with Gasteiger partial charge >= 0.3 is 6.18 Å². The molecule has 0 aliphatic rings. The summed E-state index contributed by atoms with van der Waals surface area (Å²) in [5, 5.41) is 6.79. The molecule has 3 nitrogen and oxygen atoms in total. The first kappa shape index (κ1) is 14.0. The maximum Gasteiger partial charge on any atom is 0.408 e. The van der Waals surface area contributed by atoms with Crippen LogP contribution in [0.2, 0.25) is 0 Å². The second-order valence-corrected chi connectivity index (χ2v) is 3.98. The summed E-state index contributed by atoms with van der Waals surface area (Å²) in [4.78, 5) is 0. The first-order chi connectivity index (χ1) is 8.03. The molecule has 17 heavy (non-hydrogen) atoms. The SMILES string of the molecule is CCCCCNCc1ccnn1CC(F)(F)F. The molecule has 0 atom stereocenters. The molecule has 1 aromatic heterocycles. The van der Waals surface area contributed by atoms with Gasteiger partial charge in [0.15, 0.2) is 0 Å². The van der Waals surface area contributed by atoms with E-state index in [9.17, 15) is 13.2 Å². The molecular formula is C11H18F3N3. The van der Waals surface area contributed by atoms with Gasteiger partial charge in [0.1, 0.15) is 6.54 Å². The Morgan fingerprint density at radius 2 is 2.12 bits per heavy atom. The molecule has 0 aliphatic heterocycles. The standard InChI is InChI=1S/C11H18F3N3/c1-2-3-4-6-15-8-10-5-7-16-17(10)9-11(12,13)14/h5,7,15H,2-4,6,8-9H2,1H3. The van der Waals surface area contributed by atoms with E-state index in [1.54, 1.807) is 6.07 Å². The average Bonchev–Trinajstić information content (AvgIpc) is 2.63. The summed E-state index contributed by atoms with van der Waals surface area (Å²) in [6, 6.07) is 1.61. The smallest absolute Gasteiger partial charge is 0.311 e. The maximum absolute atomic E-state index is 12.2. The van der Waals surface area contributed by atoms with E-state index in [1.165, 1.54) is 6.20 Å². The van der Waals surface area contributed by atoms with E-state index in [0.717, 1.165) is 30.5 Å². The fourth-order valence-corrected chi connectivity index (χ4v) is 1.54. The molecule has 0 unspecified atom stereocenters. The molecule has 0 aliphatic carbocycles. The molecule has 0 spiro atoms. The van der Waals surface area contributed by atoms with Crippen molar-refractivity contribution in [2.45, 2.75) is 45.5 Å². The molecule has 0 saturated heterocycles. The number of rotatable bonds is 7. The van der Waals surface area contributed by atoms with Crippen LogP contribution >= 0.6 is 0 Å². The van der Waals surface area contributed by atoms with Crippen LogP contribution < -0.4 is 5.32 Å². The van der Waals surface area contributed by atoms with Crippen LogP contribution in [0.5, 0.6) is 0 Å². The van der Waals surface area contributed by atoms with E-state index in [0.29, 0.717) is 12.2 Å². The highest BCUT2D eigenvalue weighted by Crippen LogP contribution is 2.17. The number of aromatic nitrogens is 2. The van der Waals surface area contributed by atoms with Crippen molar-refractivity contribution >= 4 is 0 Å². The summed E-state index contributed by atoms with van der Waals surface area (Å²) in [5.74, 6) is 0. The lowest BCUT2D eigenvalue weighted by atomic mass is 10.2. The van der Waals surface area contributed by atoms with Gasteiger partial charge in [0.05, 0.1) is 5.69 Å². The van der Waals surface area contributed by atoms with Crippen LogP contribution in [0.25, 0.3) is 0 Å². The zero-order valence-electron chi connectivity index (χ0n) is 9.93. The lowest BCUT2D eigenvalue weighted by Crippen LogP contribution is -2.23. The van der Waals surface area contributed by atoms with Crippen LogP contribution in [-0.2, 0) is 13.1 Å². The second kappa shape index (κ2) is 6.64. The minimum Gasteiger partial charge on any atom is -0.311 e. The van der Waals surface area contributed by atoms with Crippen LogP contribution in [0.4, 0.5) is 13.2 Å². The van der Waals surface area contributed by atoms with Gasteiger partial charge in [-0.25, -0.2) is 0 Å². The number of hydrogen-bond acceptors (Lipinski definition) is 2. The molecule has 98 valence electrons. The molecule has 0 radical (unpaired) electrons. The third-order valence-corrected chi connectivity index (χ3v) is 2.40. The van der Waals surface area contributed by atoms with Gasteiger partial charge in [-0.05, 0) is 19.0 Å². The highest BCUT2D eigenvalue weighted by atomic mass is 19.4. The van der Waals surface area contributed by atoms with Crippen LogP contribution in [0.15, 0.2) is 12.3 Å². The van der Waals surface area contributed by atoms with Gasteiger partial charge in [-0.2, -0.15) is 18.3 Å². The summed E-state index contributed by atoms with van der Waals surface area (Å²) < 4.78 is 37.6. The van der Waals surface area contributed by atoms with Crippen molar-refractivity contribution in [3.63, 3.8) is 0 Å². The number of unbranched alkanes of at least 4 members (excludes halogenated alkanes) is 2. The summed E-state index contributed by atoms with van der Waals surface area (Å²) in [6.07, 6.45) is 0.490. The topological polar surface area (TPSA) is 29.9 Å². The van der Waals surface area contributed by atoms with Crippen molar-refractivity contribution in [2.75, 3.05) is 6.54 Å². The van der Waals surface area contributed by atoms with E-state index in [1.807, 2.05) is 0 Å². The monoisotopic (exact) mass is 249 g/mol. The van der Waals surface area contributed by atoms with Crippen molar-refractivity contribution in [2.24, 2.45) is 0 Å². The molecule has 0 amide bonds. The van der Waals surface area contributed by atoms with Crippen molar-refractivity contribution in [1.82, 2.24) is 15.1 Å². The predicted molar refractivity (Wildman–Crippen MR) is 59.5 cm³/mol. The fourth-order valence-electron chi connectivity index (χ4n) is 1.54. The summed E-state index contributed by atoms with van der Waals surface area (Å²) >= 11 is 0. The van der Waals surface area contributed by atoms with Crippen molar-refractivity contribution < 1.29 is 13.2 Å². The van der Waals surface area contributed by atoms with Crippen molar-refractivity contribution in [3.05, 3.63) is 18.0 Å². The largest absolute Gasteiger partial charge is 0.408 e. The van der Waals surface area contributed by atoms with Crippen LogP contribution in [-0.4, -0.2) is 22.5 Å². The number of hydrogen-bond donors (Lipinski definition) is 1. The molecule has 0 saturated carbocycles. The van der Waals surface area contributed by atoms with Crippen LogP contribution in [0.1, 0.15) is 31.9 Å². The molecule has 0 fully saturated rings. The Bertz CT molecular complexity index is 320. The Balaban J connectivity index is 2.36. The van der Waals surface area contributed by atoms with Gasteiger partial charge in [-0.1, -0.05) is 19.8 Å². The maximum atomic E-state index is 12.2. The molecule has 0 bridgehead atoms. The summed E-state index contributed by atoms with van der Waals surface area (Å²) in [5.41, 5.74) is 0.568. The lowest BCUT2D eigenvalue weighted by molar-refractivity contribution is -0.143. The molecule has 6 heteroatoms. The molecule has 0 aromatic carbocycles. The zero-order valence-corrected chi connectivity index (χ0v) is 9.93. The van der Waals surface area contributed by atoms with Gasteiger partial charge in [0.2, 0.25) is 0 Å². The molecule has 1 aromatic rings. The Hall–Kier alpha value is -1.04. The fraction of sp³-hybridized carbons (Fsp3) is 0.727. The average molecular weight is 249 g/mol. The normalized spacial score (nSPS) is 12.0. The zero-order chi connectivity index (χ0) is 12.7. The quantitative estimate of drug-likeness (QED) is 0.753. The van der Waals surface area contributed by atoms with Gasteiger partial charge < -0.3 is 5.32 Å². The molecule has 1 heterocycles. The Morgan fingerprint density at radius 1 is 1.35 bits per heavy atom. The first-order valence-electron chi connectivity index (χ1n) is 5.81. The molecule has 1 N–H and O–H groups in total. The number of nitrogens with zero attached hydrogens (tertiary/aromatic N) is 2. The number of alkyl halides is 3. The molecule has 1 rings (SSSR count). The summed E-state index contributed by atoms with van der Waals surface area (Å²) in [6.45, 7) is 2.34. The van der Waals surface area contributed by atoms with Gasteiger partial charge in [-0.3, -0.25) is 4.68 Å². The minimum absolute atomic E-state index is 0.430. The Morgan fingerprint density at radius 3 is 2.76 bits per heavy atom. The third kappa shape index (κ3) is 5.72. The van der Waals surface area contributed by atoms with Crippen molar-refractivity contribution in [3.8, 4) is 0 Å². The highest BCUT2D eigenvalue weighted by molar-refractivity contribution is 5.00. The predicted octanol–water partition coefficient (Wildman–Crippen LogP) is 2.73. The first-order valence-corrected chi connectivity index (χ1v) is 5.81. The van der Waals surface area contributed by atoms with Gasteiger partial charge in [-0.15, -0.1) is 0 Å². The second-order valence-electron chi connectivity index (χ2n) is 3.98. The van der Waals surface area contributed by atoms with Crippen LogP contribution in [0.3, 0.4) is 0 Å². The molecular weight excluding hydrogens is 231 g/mol.